The molecule has 1 N–H and O–H groups in total. The Morgan fingerprint density at radius 1 is 1.26 bits per heavy atom. The fraction of sp³-hybridized carbons (Fsp3) is 0.176. The van der Waals surface area contributed by atoms with Gasteiger partial charge in [-0.15, -0.1) is 0 Å². The van der Waals surface area contributed by atoms with Crippen LogP contribution in [0, 0.1) is 19.7 Å². The van der Waals surface area contributed by atoms with Crippen LogP contribution in [-0.4, -0.2) is 16.8 Å². The zero-order valence-corrected chi connectivity index (χ0v) is 12.7. The molecule has 118 valence electrons. The number of hydrogen-bond acceptors (Lipinski definition) is 3. The summed E-state index contributed by atoms with van der Waals surface area (Å²) in [7, 11) is 0. The molecule has 2 heterocycles. The number of furan rings is 1. The Balaban J connectivity index is 1.86. The number of imide groups is 1. The summed E-state index contributed by atoms with van der Waals surface area (Å²) in [4.78, 5) is 25.4. The quantitative estimate of drug-likeness (QED) is 0.699. The third-order valence-electron chi connectivity index (χ3n) is 3.63. The molecule has 5 nitrogen and oxygen atoms in total. The summed E-state index contributed by atoms with van der Waals surface area (Å²) in [5.74, 6) is 0.433. The Morgan fingerprint density at radius 3 is 2.65 bits per heavy atom. The molecule has 0 aliphatic carbocycles. The largest absolute Gasteiger partial charge is 0.466 e. The molecule has 3 rings (SSSR count). The van der Waals surface area contributed by atoms with Crippen molar-refractivity contribution in [2.24, 2.45) is 0 Å². The van der Waals surface area contributed by atoms with E-state index in [2.05, 4.69) is 5.32 Å². The molecule has 1 aliphatic heterocycles. The molecule has 3 amide bonds. The van der Waals surface area contributed by atoms with Gasteiger partial charge >= 0.3 is 6.03 Å². The minimum absolute atomic E-state index is 0.113. The molecular weight excluding hydrogens is 299 g/mol. The van der Waals surface area contributed by atoms with Gasteiger partial charge in [-0.1, -0.05) is 18.2 Å². The van der Waals surface area contributed by atoms with Crippen LogP contribution in [0.4, 0.5) is 9.18 Å². The first-order chi connectivity index (χ1) is 11.0. The summed E-state index contributed by atoms with van der Waals surface area (Å²) in [6.07, 6.45) is 1.56. The van der Waals surface area contributed by atoms with Crippen molar-refractivity contribution in [1.29, 1.82) is 0 Å². The number of carbonyl (C=O) groups excluding carboxylic acids is 2. The lowest BCUT2D eigenvalue weighted by Gasteiger charge is -2.12. The van der Waals surface area contributed by atoms with Crippen LogP contribution in [0.15, 0.2) is 40.4 Å². The van der Waals surface area contributed by atoms with Gasteiger partial charge in [-0.05, 0) is 32.1 Å². The van der Waals surface area contributed by atoms with E-state index in [9.17, 15) is 14.0 Å². The smallest absolute Gasteiger partial charge is 0.329 e. The van der Waals surface area contributed by atoms with E-state index in [4.69, 9.17) is 4.42 Å². The number of aryl methyl sites for hydroxylation is 2. The lowest BCUT2D eigenvalue weighted by Crippen LogP contribution is -2.30. The van der Waals surface area contributed by atoms with Crippen molar-refractivity contribution in [3.8, 4) is 0 Å². The maximum absolute atomic E-state index is 13.7. The Morgan fingerprint density at radius 2 is 2.00 bits per heavy atom. The molecule has 1 aromatic carbocycles. The standard InChI is InChI=1S/C17H15FN2O3/c1-10-7-13(11(2)23-10)8-15-16(21)20(17(22)19-15)9-12-5-3-4-6-14(12)18/h3-8H,9H2,1-2H3,(H,19,22)/b15-8-. The Hall–Kier alpha value is -2.89. The molecule has 0 unspecified atom stereocenters. The highest BCUT2D eigenvalue weighted by Crippen LogP contribution is 2.21. The molecule has 1 saturated heterocycles. The van der Waals surface area contributed by atoms with Crippen LogP contribution >= 0.6 is 0 Å². The second kappa shape index (κ2) is 5.72. The molecule has 2 aromatic rings. The van der Waals surface area contributed by atoms with E-state index in [0.29, 0.717) is 11.5 Å². The first-order valence-electron chi connectivity index (χ1n) is 7.10. The zero-order chi connectivity index (χ0) is 16.6. The fourth-order valence-electron chi connectivity index (χ4n) is 2.46. The number of urea groups is 1. The second-order valence-corrected chi connectivity index (χ2v) is 5.34. The fourth-order valence-corrected chi connectivity index (χ4v) is 2.46. The van der Waals surface area contributed by atoms with Gasteiger partial charge in [0.1, 0.15) is 23.0 Å². The van der Waals surface area contributed by atoms with Crippen LogP contribution in [0.1, 0.15) is 22.6 Å². The summed E-state index contributed by atoms with van der Waals surface area (Å²) in [6.45, 7) is 3.46. The molecule has 1 fully saturated rings. The van der Waals surface area contributed by atoms with Gasteiger partial charge in [-0.2, -0.15) is 0 Å². The van der Waals surface area contributed by atoms with Crippen molar-refractivity contribution in [2.75, 3.05) is 0 Å². The molecule has 1 aromatic heterocycles. The van der Waals surface area contributed by atoms with E-state index in [-0.39, 0.29) is 17.8 Å². The minimum atomic E-state index is -0.567. The van der Waals surface area contributed by atoms with E-state index >= 15 is 0 Å². The first kappa shape index (κ1) is 15.0. The van der Waals surface area contributed by atoms with Crippen molar-refractivity contribution < 1.29 is 18.4 Å². The van der Waals surface area contributed by atoms with Crippen LogP contribution in [-0.2, 0) is 11.3 Å². The summed E-state index contributed by atoms with van der Waals surface area (Å²) in [6, 6.07) is 7.26. The number of nitrogens with zero attached hydrogens (tertiary/aromatic N) is 1. The Labute approximate surface area is 132 Å². The number of carbonyl (C=O) groups is 2. The Bertz CT molecular complexity index is 823. The van der Waals surface area contributed by atoms with Crippen molar-refractivity contribution in [3.63, 3.8) is 0 Å². The third-order valence-corrected chi connectivity index (χ3v) is 3.63. The summed E-state index contributed by atoms with van der Waals surface area (Å²) >= 11 is 0. The van der Waals surface area contributed by atoms with E-state index in [1.54, 1.807) is 44.2 Å². The van der Waals surface area contributed by atoms with Crippen molar-refractivity contribution >= 4 is 18.0 Å². The van der Waals surface area contributed by atoms with E-state index in [0.717, 1.165) is 10.5 Å². The van der Waals surface area contributed by atoms with Crippen LogP contribution in [0.25, 0.3) is 6.08 Å². The average molecular weight is 314 g/mol. The lowest BCUT2D eigenvalue weighted by atomic mass is 10.2. The van der Waals surface area contributed by atoms with Crippen LogP contribution in [0.5, 0.6) is 0 Å². The van der Waals surface area contributed by atoms with Gasteiger partial charge in [0, 0.05) is 11.1 Å². The zero-order valence-electron chi connectivity index (χ0n) is 12.7. The maximum atomic E-state index is 13.7. The predicted octanol–water partition coefficient (Wildman–Crippen LogP) is 3.13. The highest BCUT2D eigenvalue weighted by molar-refractivity contribution is 6.13. The summed E-state index contributed by atoms with van der Waals surface area (Å²) in [5, 5.41) is 2.51. The molecule has 0 spiro atoms. The van der Waals surface area contributed by atoms with Gasteiger partial charge in [0.05, 0.1) is 6.54 Å². The Kier molecular flexibility index (Phi) is 3.73. The van der Waals surface area contributed by atoms with Crippen LogP contribution in [0.2, 0.25) is 0 Å². The second-order valence-electron chi connectivity index (χ2n) is 5.34. The van der Waals surface area contributed by atoms with Crippen LogP contribution < -0.4 is 5.32 Å². The van der Waals surface area contributed by atoms with Crippen molar-refractivity contribution in [1.82, 2.24) is 10.2 Å². The first-order valence-corrected chi connectivity index (χ1v) is 7.10. The highest BCUT2D eigenvalue weighted by Gasteiger charge is 2.34. The molecule has 1 aliphatic rings. The van der Waals surface area contributed by atoms with Gasteiger partial charge in [0.2, 0.25) is 0 Å². The maximum Gasteiger partial charge on any atom is 0.329 e. The van der Waals surface area contributed by atoms with Crippen molar-refractivity contribution in [3.05, 3.63) is 64.5 Å². The normalized spacial score (nSPS) is 16.3. The minimum Gasteiger partial charge on any atom is -0.466 e. The van der Waals surface area contributed by atoms with Gasteiger partial charge in [0.15, 0.2) is 0 Å². The summed E-state index contributed by atoms with van der Waals surface area (Å²) in [5.41, 5.74) is 1.15. The number of rotatable bonds is 3. The number of halogens is 1. The SMILES string of the molecule is Cc1cc(/C=C2\NC(=O)N(Cc3ccccc3F)C2=O)c(C)o1. The van der Waals surface area contributed by atoms with E-state index in [1.807, 2.05) is 0 Å². The molecule has 6 heteroatoms. The number of nitrogens with one attached hydrogen (secondary N) is 1. The van der Waals surface area contributed by atoms with E-state index < -0.39 is 17.8 Å². The van der Waals surface area contributed by atoms with Gasteiger partial charge in [-0.25, -0.2) is 9.18 Å². The van der Waals surface area contributed by atoms with Crippen LogP contribution in [0.3, 0.4) is 0 Å². The monoisotopic (exact) mass is 314 g/mol. The summed E-state index contributed by atoms with van der Waals surface area (Å²) < 4.78 is 19.1. The topological polar surface area (TPSA) is 62.6 Å². The highest BCUT2D eigenvalue weighted by atomic mass is 19.1. The third kappa shape index (κ3) is 2.88. The number of amides is 3. The van der Waals surface area contributed by atoms with Crippen molar-refractivity contribution in [2.45, 2.75) is 20.4 Å². The predicted molar refractivity (Wildman–Crippen MR) is 81.6 cm³/mol. The molecular formula is C17H15FN2O3. The molecule has 23 heavy (non-hydrogen) atoms. The number of benzene rings is 1. The lowest BCUT2D eigenvalue weighted by molar-refractivity contribution is -0.123. The van der Waals surface area contributed by atoms with E-state index in [1.165, 1.54) is 6.07 Å². The van der Waals surface area contributed by atoms with Gasteiger partial charge < -0.3 is 9.73 Å². The molecule has 0 atom stereocenters. The molecule has 0 saturated carbocycles. The molecule has 0 radical (unpaired) electrons. The molecule has 0 bridgehead atoms. The van der Waals surface area contributed by atoms with Gasteiger partial charge in [-0.3, -0.25) is 9.69 Å². The average Bonchev–Trinajstić information content (AvgIpc) is 2.95. The van der Waals surface area contributed by atoms with Gasteiger partial charge in [0.25, 0.3) is 5.91 Å². The number of hydrogen-bond donors (Lipinski definition) is 1.